The van der Waals surface area contributed by atoms with Crippen LogP contribution in [0.3, 0.4) is 0 Å². The van der Waals surface area contributed by atoms with Crippen molar-refractivity contribution in [3.8, 4) is 6.07 Å². The van der Waals surface area contributed by atoms with Crippen molar-refractivity contribution in [2.45, 2.75) is 40.2 Å². The summed E-state index contributed by atoms with van der Waals surface area (Å²) in [6.07, 6.45) is 2.17. The second-order valence-corrected chi connectivity index (χ2v) is 3.81. The van der Waals surface area contributed by atoms with Gasteiger partial charge in [0.1, 0.15) is 11.6 Å². The predicted molar refractivity (Wildman–Crippen MR) is 54.4 cm³/mol. The molecule has 0 heterocycles. The maximum Gasteiger partial charge on any atom is 0.348 e. The second-order valence-electron chi connectivity index (χ2n) is 3.81. The third-order valence-electron chi connectivity index (χ3n) is 1.48. The molecule has 3 heteroatoms. The fourth-order valence-electron chi connectivity index (χ4n) is 0.806. The van der Waals surface area contributed by atoms with E-state index in [9.17, 15) is 4.79 Å². The number of rotatable bonds is 4. The van der Waals surface area contributed by atoms with Gasteiger partial charge in [-0.2, -0.15) is 5.26 Å². The minimum Gasteiger partial charge on any atom is -0.459 e. The van der Waals surface area contributed by atoms with Gasteiger partial charge in [-0.1, -0.05) is 19.9 Å². The molecule has 3 nitrogen and oxygen atoms in total. The molecule has 0 saturated heterocycles. The molecule has 0 amide bonds. The molecule has 0 aliphatic carbocycles. The molecule has 0 aromatic carbocycles. The van der Waals surface area contributed by atoms with E-state index in [1.807, 2.05) is 19.9 Å². The first-order chi connectivity index (χ1) is 6.47. The van der Waals surface area contributed by atoms with Crippen LogP contribution < -0.4 is 0 Å². The molecule has 0 aliphatic heterocycles. The lowest BCUT2D eigenvalue weighted by Gasteiger charge is -2.06. The van der Waals surface area contributed by atoms with Gasteiger partial charge in [0.2, 0.25) is 0 Å². The molecule has 0 spiro atoms. The number of nitrogens with zero attached hydrogens (tertiary/aromatic N) is 1. The smallest absolute Gasteiger partial charge is 0.348 e. The van der Waals surface area contributed by atoms with Crippen molar-refractivity contribution in [1.29, 1.82) is 5.26 Å². The molecule has 14 heavy (non-hydrogen) atoms. The lowest BCUT2D eigenvalue weighted by atomic mass is 10.1. The number of esters is 1. The lowest BCUT2D eigenvalue weighted by Crippen LogP contribution is -2.13. The molecule has 0 saturated carbocycles. The van der Waals surface area contributed by atoms with Gasteiger partial charge >= 0.3 is 5.97 Å². The zero-order valence-corrected chi connectivity index (χ0v) is 9.20. The van der Waals surface area contributed by atoms with E-state index in [4.69, 9.17) is 10.00 Å². The van der Waals surface area contributed by atoms with Gasteiger partial charge in [0.15, 0.2) is 0 Å². The van der Waals surface area contributed by atoms with Gasteiger partial charge in [-0.3, -0.25) is 0 Å². The number of ether oxygens (including phenoxy) is 1. The molecule has 0 rings (SSSR count). The molecule has 0 aliphatic rings. The molecule has 0 bridgehead atoms. The Bertz CT molecular complexity index is 259. The fraction of sp³-hybridized carbons (Fsp3) is 0.636. The molecule has 0 aromatic heterocycles. The Balaban J connectivity index is 4.35. The van der Waals surface area contributed by atoms with Gasteiger partial charge < -0.3 is 4.74 Å². The Hall–Kier alpha value is -1.30. The van der Waals surface area contributed by atoms with Crippen LogP contribution in [0.2, 0.25) is 0 Å². The molecule has 78 valence electrons. The minimum atomic E-state index is -0.525. The van der Waals surface area contributed by atoms with Gasteiger partial charge in [0.05, 0.1) is 6.10 Å². The normalized spacial score (nSPS) is 11.6. The summed E-state index contributed by atoms with van der Waals surface area (Å²) in [5.41, 5.74) is 0.104. The zero-order chi connectivity index (χ0) is 11.1. The predicted octanol–water partition coefficient (Wildman–Crippen LogP) is 2.43. The van der Waals surface area contributed by atoms with Crippen molar-refractivity contribution in [3.05, 3.63) is 11.6 Å². The van der Waals surface area contributed by atoms with E-state index in [-0.39, 0.29) is 11.7 Å². The lowest BCUT2D eigenvalue weighted by molar-refractivity contribution is -0.142. The summed E-state index contributed by atoms with van der Waals surface area (Å²) >= 11 is 0. The van der Waals surface area contributed by atoms with E-state index in [0.29, 0.717) is 5.92 Å². The zero-order valence-electron chi connectivity index (χ0n) is 9.20. The Morgan fingerprint density at radius 1 is 1.43 bits per heavy atom. The molecule has 0 unspecified atom stereocenters. The van der Waals surface area contributed by atoms with Gasteiger partial charge in [-0.25, -0.2) is 4.79 Å². The largest absolute Gasteiger partial charge is 0.459 e. The molecular formula is C11H17NO2. The highest BCUT2D eigenvalue weighted by Gasteiger charge is 2.11. The van der Waals surface area contributed by atoms with Gasteiger partial charge in [-0.15, -0.1) is 0 Å². The summed E-state index contributed by atoms with van der Waals surface area (Å²) in [7, 11) is 0. The molecule has 0 aromatic rings. The van der Waals surface area contributed by atoms with Crippen LogP contribution in [-0.4, -0.2) is 12.1 Å². The Morgan fingerprint density at radius 3 is 2.36 bits per heavy atom. The van der Waals surface area contributed by atoms with Crippen LogP contribution in [0.4, 0.5) is 0 Å². The van der Waals surface area contributed by atoms with Gasteiger partial charge in [-0.05, 0) is 26.2 Å². The Labute approximate surface area is 85.4 Å². The van der Waals surface area contributed by atoms with Crippen molar-refractivity contribution < 1.29 is 9.53 Å². The highest BCUT2D eigenvalue weighted by Crippen LogP contribution is 2.06. The van der Waals surface area contributed by atoms with Crippen molar-refractivity contribution in [2.75, 3.05) is 0 Å². The van der Waals surface area contributed by atoms with E-state index >= 15 is 0 Å². The van der Waals surface area contributed by atoms with Crippen LogP contribution in [0.25, 0.3) is 0 Å². The second kappa shape index (κ2) is 6.20. The number of nitriles is 1. The summed E-state index contributed by atoms with van der Waals surface area (Å²) in [4.78, 5) is 11.3. The average Bonchev–Trinajstić information content (AvgIpc) is 2.03. The monoisotopic (exact) mass is 195 g/mol. The van der Waals surface area contributed by atoms with Gasteiger partial charge in [0, 0.05) is 0 Å². The maximum absolute atomic E-state index is 11.3. The van der Waals surface area contributed by atoms with E-state index in [1.54, 1.807) is 19.9 Å². The average molecular weight is 195 g/mol. The van der Waals surface area contributed by atoms with Crippen molar-refractivity contribution in [2.24, 2.45) is 5.92 Å². The molecule has 0 N–H and O–H groups in total. The van der Waals surface area contributed by atoms with Crippen molar-refractivity contribution >= 4 is 5.97 Å². The van der Waals surface area contributed by atoms with E-state index in [1.165, 1.54) is 0 Å². The quantitative estimate of drug-likeness (QED) is 0.393. The summed E-state index contributed by atoms with van der Waals surface area (Å²) in [5.74, 6) is -0.0895. The number of allylic oxidation sites excluding steroid dienone is 1. The molecule has 0 fully saturated rings. The van der Waals surface area contributed by atoms with Crippen LogP contribution in [0.5, 0.6) is 0 Å². The molecule has 0 radical (unpaired) electrons. The van der Waals surface area contributed by atoms with E-state index in [2.05, 4.69) is 0 Å². The van der Waals surface area contributed by atoms with Crippen LogP contribution in [0, 0.1) is 17.2 Å². The van der Waals surface area contributed by atoms with E-state index < -0.39 is 5.97 Å². The topological polar surface area (TPSA) is 50.1 Å². The first kappa shape index (κ1) is 12.7. The number of hydrogen-bond donors (Lipinski definition) is 0. The summed E-state index contributed by atoms with van der Waals surface area (Å²) < 4.78 is 4.91. The molecular weight excluding hydrogens is 178 g/mol. The first-order valence-electron chi connectivity index (χ1n) is 4.78. The van der Waals surface area contributed by atoms with Crippen LogP contribution >= 0.6 is 0 Å². The summed E-state index contributed by atoms with van der Waals surface area (Å²) in [5, 5.41) is 8.70. The SMILES string of the molecule is CC(C)CC=C(C#N)C(=O)OC(C)C. The summed E-state index contributed by atoms with van der Waals surface area (Å²) in [6, 6.07) is 1.85. The van der Waals surface area contributed by atoms with Gasteiger partial charge in [0.25, 0.3) is 0 Å². The Morgan fingerprint density at radius 2 is 2.00 bits per heavy atom. The number of carbonyl (C=O) groups excluding carboxylic acids is 1. The third kappa shape index (κ3) is 5.36. The number of carbonyl (C=O) groups is 1. The number of hydrogen-bond acceptors (Lipinski definition) is 3. The van der Waals surface area contributed by atoms with Crippen LogP contribution in [0.15, 0.2) is 11.6 Å². The van der Waals surface area contributed by atoms with Crippen LogP contribution in [0.1, 0.15) is 34.1 Å². The van der Waals surface area contributed by atoms with Crippen molar-refractivity contribution in [1.82, 2.24) is 0 Å². The van der Waals surface area contributed by atoms with Crippen molar-refractivity contribution in [3.63, 3.8) is 0 Å². The standard InChI is InChI=1S/C11H17NO2/c1-8(2)5-6-10(7-12)11(13)14-9(3)4/h6,8-9H,5H2,1-4H3. The highest BCUT2D eigenvalue weighted by molar-refractivity contribution is 5.92. The molecule has 0 atom stereocenters. The minimum absolute atomic E-state index is 0.104. The third-order valence-corrected chi connectivity index (χ3v) is 1.48. The fourth-order valence-corrected chi connectivity index (χ4v) is 0.806. The van der Waals surface area contributed by atoms with E-state index in [0.717, 1.165) is 6.42 Å². The highest BCUT2D eigenvalue weighted by atomic mass is 16.5. The van der Waals surface area contributed by atoms with Crippen LogP contribution in [-0.2, 0) is 9.53 Å². The first-order valence-corrected chi connectivity index (χ1v) is 4.78. The summed E-state index contributed by atoms with van der Waals surface area (Å²) in [6.45, 7) is 7.57. The Kier molecular flexibility index (Phi) is 5.62. The maximum atomic E-state index is 11.3.